The van der Waals surface area contributed by atoms with Gasteiger partial charge in [0.15, 0.2) is 5.03 Å². The van der Waals surface area contributed by atoms with Crippen LogP contribution in [0.3, 0.4) is 0 Å². The fourth-order valence-electron chi connectivity index (χ4n) is 1.49. The van der Waals surface area contributed by atoms with Gasteiger partial charge in [0.05, 0.1) is 11.3 Å². The summed E-state index contributed by atoms with van der Waals surface area (Å²) in [4.78, 5) is 19.1. The van der Waals surface area contributed by atoms with Gasteiger partial charge in [-0.05, 0) is 24.3 Å². The second kappa shape index (κ2) is 6.46. The number of carbonyl (C=O) groups is 1. The van der Waals surface area contributed by atoms with Crippen LogP contribution in [0.5, 0.6) is 0 Å². The molecule has 2 rings (SSSR count). The molecule has 0 saturated heterocycles. The van der Waals surface area contributed by atoms with Crippen LogP contribution in [-0.4, -0.2) is 24.6 Å². The molecule has 0 saturated carbocycles. The van der Waals surface area contributed by atoms with Gasteiger partial charge in [0.25, 0.3) is 12.3 Å². The second-order valence-electron chi connectivity index (χ2n) is 3.83. The topological polar surface area (TPSA) is 92.2 Å². The first-order valence-corrected chi connectivity index (χ1v) is 6.71. The Morgan fingerprint density at radius 1 is 1.29 bits per heavy atom. The lowest BCUT2D eigenvalue weighted by atomic mass is 10.2. The van der Waals surface area contributed by atoms with E-state index in [1.54, 1.807) is 0 Å². The molecule has 0 aromatic carbocycles. The molecule has 2 aromatic rings. The van der Waals surface area contributed by atoms with Crippen molar-refractivity contribution < 1.29 is 22.3 Å². The molecule has 1 atom stereocenters. The molecule has 2 N–H and O–H groups in total. The number of pyridine rings is 2. The van der Waals surface area contributed by atoms with Gasteiger partial charge in [-0.25, -0.2) is 18.0 Å². The Balaban J connectivity index is 2.20. The lowest BCUT2D eigenvalue weighted by Gasteiger charge is -2.07. The molecule has 1 amide bonds. The van der Waals surface area contributed by atoms with E-state index in [-0.39, 0.29) is 16.3 Å². The van der Waals surface area contributed by atoms with E-state index in [9.17, 15) is 17.8 Å². The Hall–Kier alpha value is -2.26. The third kappa shape index (κ3) is 3.64. The molecule has 9 heteroatoms. The Bertz CT molecular complexity index is 680. The standard InChI is InChI=1S/C12H9F2N3O3S/c13-10(14)8-4-3-7(6-16-8)11(18)17-9-2-1-5-15-12(9)21(19)20/h1-6,10H,(H,17,18)(H,19,20). The van der Waals surface area contributed by atoms with E-state index in [1.807, 2.05) is 0 Å². The highest BCUT2D eigenvalue weighted by molar-refractivity contribution is 7.79. The lowest BCUT2D eigenvalue weighted by Crippen LogP contribution is -2.14. The summed E-state index contributed by atoms with van der Waals surface area (Å²) in [6, 6.07) is 5.10. The van der Waals surface area contributed by atoms with E-state index in [1.165, 1.54) is 24.4 Å². The van der Waals surface area contributed by atoms with Crippen molar-refractivity contribution in [1.82, 2.24) is 9.97 Å². The Kier molecular flexibility index (Phi) is 4.66. The minimum Gasteiger partial charge on any atom is -0.319 e. The van der Waals surface area contributed by atoms with Crippen molar-refractivity contribution in [3.05, 3.63) is 47.9 Å². The average molecular weight is 313 g/mol. The molecule has 0 aliphatic heterocycles. The maximum absolute atomic E-state index is 12.4. The summed E-state index contributed by atoms with van der Waals surface area (Å²) >= 11 is -2.36. The summed E-state index contributed by atoms with van der Waals surface area (Å²) in [5.74, 6) is -0.650. The number of carbonyl (C=O) groups excluding carboxylic acids is 1. The Labute approximate surface area is 120 Å². The number of nitrogens with zero attached hydrogens (tertiary/aromatic N) is 2. The van der Waals surface area contributed by atoms with Crippen molar-refractivity contribution in [2.75, 3.05) is 5.32 Å². The predicted octanol–water partition coefficient (Wildman–Crippen LogP) is 2.25. The van der Waals surface area contributed by atoms with E-state index in [0.29, 0.717) is 0 Å². The van der Waals surface area contributed by atoms with E-state index >= 15 is 0 Å². The van der Waals surface area contributed by atoms with Gasteiger partial charge in [0, 0.05) is 12.4 Å². The molecule has 2 heterocycles. The first-order chi connectivity index (χ1) is 9.99. The molecule has 0 aliphatic carbocycles. The molecular weight excluding hydrogens is 304 g/mol. The van der Waals surface area contributed by atoms with Crippen LogP contribution in [0, 0.1) is 0 Å². The van der Waals surface area contributed by atoms with Crippen LogP contribution < -0.4 is 5.32 Å². The van der Waals surface area contributed by atoms with Gasteiger partial charge in [0.2, 0.25) is 11.1 Å². The molecular formula is C12H9F2N3O3S. The SMILES string of the molecule is O=C(Nc1cccnc1S(=O)O)c1ccc(C(F)F)nc1. The smallest absolute Gasteiger partial charge is 0.280 e. The molecule has 21 heavy (non-hydrogen) atoms. The molecule has 0 radical (unpaired) electrons. The zero-order chi connectivity index (χ0) is 15.4. The second-order valence-corrected chi connectivity index (χ2v) is 4.72. The van der Waals surface area contributed by atoms with Crippen LogP contribution in [-0.2, 0) is 11.1 Å². The van der Waals surface area contributed by atoms with Gasteiger partial charge in [-0.2, -0.15) is 0 Å². The Morgan fingerprint density at radius 2 is 2.05 bits per heavy atom. The van der Waals surface area contributed by atoms with Gasteiger partial charge in [-0.1, -0.05) is 0 Å². The van der Waals surface area contributed by atoms with Crippen LogP contribution >= 0.6 is 0 Å². The van der Waals surface area contributed by atoms with Crippen molar-refractivity contribution in [3.8, 4) is 0 Å². The van der Waals surface area contributed by atoms with Crippen LogP contribution in [0.2, 0.25) is 0 Å². The van der Waals surface area contributed by atoms with Crippen LogP contribution in [0.25, 0.3) is 0 Å². The monoisotopic (exact) mass is 313 g/mol. The molecule has 0 aliphatic rings. The van der Waals surface area contributed by atoms with Gasteiger partial charge in [0.1, 0.15) is 5.69 Å². The summed E-state index contributed by atoms with van der Waals surface area (Å²) in [5.41, 5.74) is -0.343. The highest BCUT2D eigenvalue weighted by atomic mass is 32.2. The number of halogens is 2. The number of aromatic nitrogens is 2. The van der Waals surface area contributed by atoms with Gasteiger partial charge in [-0.3, -0.25) is 9.78 Å². The van der Waals surface area contributed by atoms with Crippen molar-refractivity contribution >= 4 is 22.7 Å². The zero-order valence-electron chi connectivity index (χ0n) is 10.4. The molecule has 0 bridgehead atoms. The third-order valence-electron chi connectivity index (χ3n) is 2.46. The fraction of sp³-hybridized carbons (Fsp3) is 0.0833. The molecule has 2 aromatic heterocycles. The number of hydrogen-bond acceptors (Lipinski definition) is 4. The van der Waals surface area contributed by atoms with Crippen molar-refractivity contribution in [2.45, 2.75) is 11.5 Å². The van der Waals surface area contributed by atoms with Gasteiger partial charge in [-0.15, -0.1) is 0 Å². The quantitative estimate of drug-likeness (QED) is 0.845. The number of rotatable bonds is 4. The van der Waals surface area contributed by atoms with E-state index in [2.05, 4.69) is 15.3 Å². The highest BCUT2D eigenvalue weighted by Crippen LogP contribution is 2.18. The highest BCUT2D eigenvalue weighted by Gasteiger charge is 2.14. The average Bonchev–Trinajstić information content (AvgIpc) is 2.47. The Morgan fingerprint density at radius 3 is 2.62 bits per heavy atom. The first kappa shape index (κ1) is 15.1. The van der Waals surface area contributed by atoms with Crippen LogP contribution in [0.15, 0.2) is 41.7 Å². The van der Waals surface area contributed by atoms with Crippen LogP contribution in [0.1, 0.15) is 22.5 Å². The minimum absolute atomic E-state index is 0.0397. The van der Waals surface area contributed by atoms with Gasteiger partial charge < -0.3 is 9.87 Å². The maximum atomic E-state index is 12.4. The molecule has 6 nitrogen and oxygen atoms in total. The van der Waals surface area contributed by atoms with Crippen molar-refractivity contribution in [3.63, 3.8) is 0 Å². The third-order valence-corrected chi connectivity index (χ3v) is 3.11. The number of nitrogens with one attached hydrogen (secondary N) is 1. The maximum Gasteiger partial charge on any atom is 0.280 e. The van der Waals surface area contributed by atoms with E-state index in [4.69, 9.17) is 4.55 Å². The summed E-state index contributed by atoms with van der Waals surface area (Å²) in [5, 5.41) is 2.17. The summed E-state index contributed by atoms with van der Waals surface area (Å²) in [6.07, 6.45) is -0.412. The largest absolute Gasteiger partial charge is 0.319 e. The van der Waals surface area contributed by atoms with Crippen LogP contribution in [0.4, 0.5) is 14.5 Å². The lowest BCUT2D eigenvalue weighted by molar-refractivity contribution is 0.102. The zero-order valence-corrected chi connectivity index (χ0v) is 11.2. The fourth-order valence-corrected chi connectivity index (χ4v) is 1.95. The van der Waals surface area contributed by atoms with E-state index < -0.39 is 29.1 Å². The molecule has 0 fully saturated rings. The summed E-state index contributed by atoms with van der Waals surface area (Å²) in [6.45, 7) is 0. The number of alkyl halides is 2. The minimum atomic E-state index is -2.72. The van der Waals surface area contributed by atoms with Crippen molar-refractivity contribution in [1.29, 1.82) is 0 Å². The summed E-state index contributed by atoms with van der Waals surface area (Å²) in [7, 11) is 0. The predicted molar refractivity (Wildman–Crippen MR) is 70.4 cm³/mol. The normalized spacial score (nSPS) is 12.2. The number of amides is 1. The molecule has 110 valence electrons. The first-order valence-electron chi connectivity index (χ1n) is 5.60. The number of anilines is 1. The molecule has 0 spiro atoms. The number of hydrogen-bond donors (Lipinski definition) is 2. The summed E-state index contributed by atoms with van der Waals surface area (Å²) < 4.78 is 44.8. The molecule has 1 unspecified atom stereocenters. The van der Waals surface area contributed by atoms with Gasteiger partial charge >= 0.3 is 0 Å². The van der Waals surface area contributed by atoms with Crippen molar-refractivity contribution in [2.24, 2.45) is 0 Å². The van der Waals surface area contributed by atoms with E-state index in [0.717, 1.165) is 12.3 Å².